The highest BCUT2D eigenvalue weighted by Gasteiger charge is 2.34. The molecule has 72 valence electrons. The third-order valence-electron chi connectivity index (χ3n) is 2.14. The number of fused-ring (bicyclic) bond motifs is 1. The summed E-state index contributed by atoms with van der Waals surface area (Å²) in [7, 11) is 0. The van der Waals surface area contributed by atoms with Gasteiger partial charge in [-0.25, -0.2) is 4.79 Å². The van der Waals surface area contributed by atoms with E-state index in [1.807, 2.05) is 0 Å². The molecule has 0 spiro atoms. The monoisotopic (exact) mass is 184 g/mol. The zero-order valence-electron chi connectivity index (χ0n) is 7.42. The van der Waals surface area contributed by atoms with Gasteiger partial charge in [0, 0.05) is 18.7 Å². The Hall–Kier alpha value is -1.07. The Labute approximate surface area is 76.0 Å². The Balaban J connectivity index is 2.13. The fraction of sp³-hybridized carbons (Fsp3) is 0.625. The lowest BCUT2D eigenvalue weighted by atomic mass is 10.1. The molecule has 5 nitrogen and oxygen atoms in total. The molecular weight excluding hydrogens is 172 g/mol. The summed E-state index contributed by atoms with van der Waals surface area (Å²) in [6.45, 7) is 3.62. The highest BCUT2D eigenvalue weighted by molar-refractivity contribution is 5.89. The number of carbonyl (C=O) groups excluding carboxylic acids is 1. The van der Waals surface area contributed by atoms with Gasteiger partial charge >= 0.3 is 5.97 Å². The van der Waals surface area contributed by atoms with Gasteiger partial charge in [-0.05, 0) is 6.92 Å². The van der Waals surface area contributed by atoms with Gasteiger partial charge < -0.3 is 10.1 Å². The van der Waals surface area contributed by atoms with Gasteiger partial charge in [-0.2, -0.15) is 0 Å². The molecule has 2 rings (SSSR count). The molecule has 0 bridgehead atoms. The second kappa shape index (κ2) is 3.35. The van der Waals surface area contributed by atoms with Crippen LogP contribution in [0.4, 0.5) is 0 Å². The van der Waals surface area contributed by atoms with Crippen LogP contribution in [0.5, 0.6) is 0 Å². The van der Waals surface area contributed by atoms with Crippen molar-refractivity contribution in [2.45, 2.75) is 13.0 Å². The van der Waals surface area contributed by atoms with E-state index >= 15 is 0 Å². The van der Waals surface area contributed by atoms with Gasteiger partial charge in [0.2, 0.25) is 0 Å². The number of hydroxylamine groups is 1. The minimum atomic E-state index is -0.330. The molecule has 2 aliphatic heterocycles. The molecule has 13 heavy (non-hydrogen) atoms. The topological polar surface area (TPSA) is 59.6 Å². The van der Waals surface area contributed by atoms with Crippen LogP contribution in [0.2, 0.25) is 0 Å². The third kappa shape index (κ3) is 1.40. The molecule has 0 radical (unpaired) electrons. The number of carbonyl (C=O) groups is 1. The van der Waals surface area contributed by atoms with E-state index in [0.29, 0.717) is 18.8 Å². The van der Waals surface area contributed by atoms with Crippen LogP contribution in [-0.2, 0) is 14.4 Å². The van der Waals surface area contributed by atoms with Gasteiger partial charge in [0.1, 0.15) is 11.8 Å². The highest BCUT2D eigenvalue weighted by atomic mass is 16.7. The van der Waals surface area contributed by atoms with Crippen LogP contribution < -0.4 is 10.8 Å². The lowest BCUT2D eigenvalue weighted by molar-refractivity contribution is -0.140. The van der Waals surface area contributed by atoms with Crippen LogP contribution in [-0.4, -0.2) is 31.8 Å². The van der Waals surface area contributed by atoms with Crippen LogP contribution in [0.3, 0.4) is 0 Å². The van der Waals surface area contributed by atoms with Crippen molar-refractivity contribution in [3.8, 4) is 0 Å². The molecule has 0 amide bonds. The van der Waals surface area contributed by atoms with Crippen LogP contribution in [0.1, 0.15) is 6.92 Å². The van der Waals surface area contributed by atoms with Crippen molar-refractivity contribution in [1.82, 2.24) is 10.8 Å². The Kier molecular flexibility index (Phi) is 2.20. The van der Waals surface area contributed by atoms with E-state index in [2.05, 4.69) is 10.8 Å². The standard InChI is InChI=1S/C8H12N2O3/c1-2-12-8(11)7-5-3-9-4-6(5)13-10-7/h6,9-10H,2-4H2,1H3/t6-/m0/s1. The second-order valence-corrected chi connectivity index (χ2v) is 2.96. The van der Waals surface area contributed by atoms with Crippen molar-refractivity contribution in [2.75, 3.05) is 19.7 Å². The summed E-state index contributed by atoms with van der Waals surface area (Å²) >= 11 is 0. The molecule has 0 aromatic heterocycles. The van der Waals surface area contributed by atoms with E-state index in [0.717, 1.165) is 12.1 Å². The lowest BCUT2D eigenvalue weighted by Crippen LogP contribution is -2.23. The van der Waals surface area contributed by atoms with Crippen LogP contribution >= 0.6 is 0 Å². The number of rotatable bonds is 2. The molecule has 2 heterocycles. The minimum Gasteiger partial charge on any atom is -0.461 e. The maximum absolute atomic E-state index is 11.3. The Morgan fingerprint density at radius 3 is 3.38 bits per heavy atom. The summed E-state index contributed by atoms with van der Waals surface area (Å²) in [4.78, 5) is 16.5. The van der Waals surface area contributed by atoms with Crippen LogP contribution in [0.15, 0.2) is 11.3 Å². The molecule has 1 saturated heterocycles. The predicted octanol–water partition coefficient (Wildman–Crippen LogP) is -0.690. The SMILES string of the molecule is CCOC(=O)C1=C2CNC[C@@H]2ON1. The molecule has 2 aliphatic rings. The second-order valence-electron chi connectivity index (χ2n) is 2.96. The molecule has 0 aromatic carbocycles. The van der Waals surface area contributed by atoms with Crippen molar-refractivity contribution in [3.63, 3.8) is 0 Å². The van der Waals surface area contributed by atoms with E-state index in [1.54, 1.807) is 6.92 Å². The first-order chi connectivity index (χ1) is 6.33. The van der Waals surface area contributed by atoms with E-state index < -0.39 is 0 Å². The first-order valence-corrected chi connectivity index (χ1v) is 4.35. The molecule has 5 heteroatoms. The summed E-state index contributed by atoms with van der Waals surface area (Å²) in [5.74, 6) is -0.330. The molecular formula is C8H12N2O3. The summed E-state index contributed by atoms with van der Waals surface area (Å²) < 4.78 is 4.87. The molecule has 2 N–H and O–H groups in total. The highest BCUT2D eigenvalue weighted by Crippen LogP contribution is 2.21. The zero-order chi connectivity index (χ0) is 9.26. The fourth-order valence-electron chi connectivity index (χ4n) is 1.51. The van der Waals surface area contributed by atoms with Gasteiger partial charge in [0.15, 0.2) is 0 Å². The van der Waals surface area contributed by atoms with Crippen molar-refractivity contribution < 1.29 is 14.4 Å². The van der Waals surface area contributed by atoms with E-state index in [-0.39, 0.29) is 12.1 Å². The van der Waals surface area contributed by atoms with Crippen molar-refractivity contribution >= 4 is 5.97 Å². The number of esters is 1. The van der Waals surface area contributed by atoms with Crippen molar-refractivity contribution in [1.29, 1.82) is 0 Å². The third-order valence-corrected chi connectivity index (χ3v) is 2.14. The fourth-order valence-corrected chi connectivity index (χ4v) is 1.51. The predicted molar refractivity (Wildman–Crippen MR) is 44.5 cm³/mol. The number of ether oxygens (including phenoxy) is 1. The van der Waals surface area contributed by atoms with Gasteiger partial charge in [-0.1, -0.05) is 0 Å². The zero-order valence-corrected chi connectivity index (χ0v) is 7.42. The first-order valence-electron chi connectivity index (χ1n) is 4.35. The average Bonchev–Trinajstić information content (AvgIpc) is 2.62. The van der Waals surface area contributed by atoms with Gasteiger partial charge in [0.25, 0.3) is 0 Å². The number of hydrogen-bond donors (Lipinski definition) is 2. The largest absolute Gasteiger partial charge is 0.461 e. The van der Waals surface area contributed by atoms with Crippen molar-refractivity contribution in [2.24, 2.45) is 0 Å². The molecule has 1 fully saturated rings. The quantitative estimate of drug-likeness (QED) is 0.556. The smallest absolute Gasteiger partial charge is 0.356 e. The van der Waals surface area contributed by atoms with Gasteiger partial charge in [-0.15, -0.1) is 0 Å². The average molecular weight is 184 g/mol. The maximum atomic E-state index is 11.3. The number of nitrogens with one attached hydrogen (secondary N) is 2. The molecule has 0 saturated carbocycles. The Morgan fingerprint density at radius 2 is 2.62 bits per heavy atom. The summed E-state index contributed by atoms with van der Waals surface area (Å²) in [5.41, 5.74) is 4.05. The number of hydrogen-bond acceptors (Lipinski definition) is 5. The molecule has 1 atom stereocenters. The summed E-state index contributed by atoms with van der Waals surface area (Å²) in [5, 5.41) is 3.12. The van der Waals surface area contributed by atoms with Crippen LogP contribution in [0.25, 0.3) is 0 Å². The lowest BCUT2D eigenvalue weighted by Gasteiger charge is -2.04. The minimum absolute atomic E-state index is 0.000550. The Bertz CT molecular complexity index is 262. The van der Waals surface area contributed by atoms with E-state index in [1.165, 1.54) is 0 Å². The van der Waals surface area contributed by atoms with Crippen molar-refractivity contribution in [3.05, 3.63) is 11.3 Å². The Morgan fingerprint density at radius 1 is 1.77 bits per heavy atom. The van der Waals surface area contributed by atoms with E-state index in [9.17, 15) is 4.79 Å². The summed E-state index contributed by atoms with van der Waals surface area (Å²) in [6.07, 6.45) is -0.000550. The summed E-state index contributed by atoms with van der Waals surface area (Å²) in [6, 6.07) is 0. The van der Waals surface area contributed by atoms with Crippen LogP contribution in [0, 0.1) is 0 Å². The molecule has 0 aliphatic carbocycles. The van der Waals surface area contributed by atoms with E-state index in [4.69, 9.17) is 9.57 Å². The molecule has 0 unspecified atom stereocenters. The maximum Gasteiger partial charge on any atom is 0.356 e. The van der Waals surface area contributed by atoms with Gasteiger partial charge in [0.05, 0.1) is 6.61 Å². The van der Waals surface area contributed by atoms with Gasteiger partial charge in [-0.3, -0.25) is 10.3 Å². The first kappa shape index (κ1) is 8.52. The normalized spacial score (nSPS) is 25.8. The molecule has 0 aromatic rings.